The van der Waals surface area contributed by atoms with Gasteiger partial charge in [0.2, 0.25) is 0 Å². The molecular formula is C37H35N3O4. The average Bonchev–Trinajstić information content (AvgIpc) is 3.83. The summed E-state index contributed by atoms with van der Waals surface area (Å²) in [7, 11) is 0. The lowest BCUT2D eigenvalue weighted by Crippen LogP contribution is -2.33. The third-order valence-electron chi connectivity index (χ3n) is 8.76. The van der Waals surface area contributed by atoms with Gasteiger partial charge in [0.05, 0.1) is 46.8 Å². The Morgan fingerprint density at radius 3 is 2.55 bits per heavy atom. The van der Waals surface area contributed by atoms with E-state index in [9.17, 15) is 4.79 Å². The number of esters is 1. The van der Waals surface area contributed by atoms with Gasteiger partial charge in [0.25, 0.3) is 0 Å². The summed E-state index contributed by atoms with van der Waals surface area (Å²) in [5.41, 5.74) is 6.43. The number of ether oxygens (including phenoxy) is 2. The number of pyridine rings is 1. The standard InChI is InChI=1S/C37H35N3O4/c1-2-43-36(41)37(18-5-6-19-37)22-35-39-33-21-31(44-25-30-14-13-28-7-3-4-8-32(28)38-30)15-16-34(33)40(35)23-26-9-11-27(12-10-26)29-17-20-42-24-29/h3-4,7-17,20-21,24H,2,5-6,18-19,22-23,25H2,1H3. The van der Waals surface area contributed by atoms with E-state index in [0.717, 1.165) is 81.6 Å². The van der Waals surface area contributed by atoms with Crippen LogP contribution in [0.1, 0.15) is 49.7 Å². The average molecular weight is 586 g/mol. The highest BCUT2D eigenvalue weighted by Gasteiger charge is 2.43. The van der Waals surface area contributed by atoms with Crippen LogP contribution in [0.4, 0.5) is 0 Å². The van der Waals surface area contributed by atoms with E-state index < -0.39 is 5.41 Å². The van der Waals surface area contributed by atoms with Crippen LogP contribution in [0, 0.1) is 5.41 Å². The maximum atomic E-state index is 13.3. The third kappa shape index (κ3) is 5.57. The lowest BCUT2D eigenvalue weighted by molar-refractivity contribution is -0.155. The van der Waals surface area contributed by atoms with Crippen LogP contribution >= 0.6 is 0 Å². The third-order valence-corrected chi connectivity index (χ3v) is 8.76. The van der Waals surface area contributed by atoms with Crippen molar-refractivity contribution in [1.29, 1.82) is 0 Å². The van der Waals surface area contributed by atoms with E-state index >= 15 is 0 Å². The summed E-state index contributed by atoms with van der Waals surface area (Å²) in [6.07, 6.45) is 7.67. The van der Waals surface area contributed by atoms with Gasteiger partial charge in [-0.1, -0.05) is 61.4 Å². The minimum atomic E-state index is -0.540. The smallest absolute Gasteiger partial charge is 0.312 e. The topological polar surface area (TPSA) is 79.4 Å². The summed E-state index contributed by atoms with van der Waals surface area (Å²) in [6, 6.07) is 28.7. The monoisotopic (exact) mass is 585 g/mol. The molecule has 0 N–H and O–H groups in total. The number of nitrogens with zero attached hydrogens (tertiary/aromatic N) is 3. The molecule has 1 fully saturated rings. The molecule has 3 heterocycles. The molecule has 3 aromatic heterocycles. The fraction of sp³-hybridized carbons (Fsp3) is 0.270. The number of benzene rings is 3. The van der Waals surface area contributed by atoms with Gasteiger partial charge in [-0.2, -0.15) is 0 Å². The molecule has 7 nitrogen and oxygen atoms in total. The second-order valence-electron chi connectivity index (χ2n) is 11.6. The van der Waals surface area contributed by atoms with Crippen LogP contribution in [0.2, 0.25) is 0 Å². The minimum Gasteiger partial charge on any atom is -0.487 e. The van der Waals surface area contributed by atoms with Crippen LogP contribution in [0.5, 0.6) is 5.75 Å². The quantitative estimate of drug-likeness (QED) is 0.151. The number of furan rings is 1. The first-order valence-electron chi connectivity index (χ1n) is 15.4. The van der Waals surface area contributed by atoms with Gasteiger partial charge in [-0.3, -0.25) is 4.79 Å². The van der Waals surface area contributed by atoms with E-state index in [-0.39, 0.29) is 5.97 Å². The number of para-hydroxylation sites is 1. The van der Waals surface area contributed by atoms with E-state index in [1.165, 1.54) is 0 Å². The Labute approximate surface area is 256 Å². The molecule has 1 saturated carbocycles. The molecule has 7 rings (SSSR count). The van der Waals surface area contributed by atoms with Crippen molar-refractivity contribution in [2.45, 2.75) is 52.2 Å². The van der Waals surface area contributed by atoms with Gasteiger partial charge >= 0.3 is 5.97 Å². The Balaban J connectivity index is 1.20. The molecule has 0 bridgehead atoms. The molecule has 0 radical (unpaired) electrons. The van der Waals surface area contributed by atoms with E-state index in [2.05, 4.69) is 47.0 Å². The summed E-state index contributed by atoms with van der Waals surface area (Å²) in [5.74, 6) is 1.52. The molecule has 0 spiro atoms. The highest BCUT2D eigenvalue weighted by atomic mass is 16.5. The van der Waals surface area contributed by atoms with Crippen molar-refractivity contribution < 1.29 is 18.7 Å². The Bertz CT molecular complexity index is 1900. The molecule has 1 aliphatic rings. The zero-order chi connectivity index (χ0) is 29.9. The van der Waals surface area contributed by atoms with Crippen molar-refractivity contribution in [3.8, 4) is 16.9 Å². The number of aromatic nitrogens is 3. The molecule has 0 unspecified atom stereocenters. The van der Waals surface area contributed by atoms with Gasteiger partial charge in [-0.15, -0.1) is 0 Å². The molecule has 0 aliphatic heterocycles. The normalized spacial score (nSPS) is 14.3. The molecule has 7 heteroatoms. The van der Waals surface area contributed by atoms with Gasteiger partial charge in [-0.25, -0.2) is 9.97 Å². The minimum absolute atomic E-state index is 0.104. The largest absolute Gasteiger partial charge is 0.487 e. The van der Waals surface area contributed by atoms with Crippen molar-refractivity contribution in [2.75, 3.05) is 6.61 Å². The number of imidazole rings is 1. The van der Waals surface area contributed by atoms with E-state index in [1.54, 1.807) is 12.5 Å². The molecular weight excluding hydrogens is 550 g/mol. The molecule has 0 amide bonds. The van der Waals surface area contributed by atoms with Crippen molar-refractivity contribution in [3.05, 3.63) is 115 Å². The van der Waals surface area contributed by atoms with E-state index in [4.69, 9.17) is 23.9 Å². The van der Waals surface area contributed by atoms with Gasteiger partial charge in [0, 0.05) is 30.0 Å². The van der Waals surface area contributed by atoms with E-state index in [1.807, 2.05) is 49.4 Å². The predicted molar refractivity (Wildman–Crippen MR) is 170 cm³/mol. The second kappa shape index (κ2) is 12.0. The number of rotatable bonds is 10. The van der Waals surface area contributed by atoms with Gasteiger partial charge in [0.1, 0.15) is 18.2 Å². The zero-order valence-corrected chi connectivity index (χ0v) is 24.9. The first kappa shape index (κ1) is 27.9. The lowest BCUT2D eigenvalue weighted by atomic mass is 9.82. The zero-order valence-electron chi connectivity index (χ0n) is 24.9. The molecule has 1 aliphatic carbocycles. The van der Waals surface area contributed by atoms with Crippen LogP contribution in [0.15, 0.2) is 102 Å². The van der Waals surface area contributed by atoms with Crippen molar-refractivity contribution in [2.24, 2.45) is 5.41 Å². The molecule has 44 heavy (non-hydrogen) atoms. The number of hydrogen-bond donors (Lipinski definition) is 0. The van der Waals surface area contributed by atoms with Crippen LogP contribution in [-0.2, 0) is 29.1 Å². The Morgan fingerprint density at radius 2 is 1.75 bits per heavy atom. The van der Waals surface area contributed by atoms with E-state index in [0.29, 0.717) is 26.2 Å². The Hall–Kier alpha value is -4.91. The Kier molecular flexibility index (Phi) is 7.61. The summed E-state index contributed by atoms with van der Waals surface area (Å²) < 4.78 is 19.3. The van der Waals surface area contributed by atoms with Gasteiger partial charge < -0.3 is 18.5 Å². The second-order valence-corrected chi connectivity index (χ2v) is 11.6. The SMILES string of the molecule is CCOC(=O)C1(Cc2nc3cc(OCc4ccc5ccccc5n4)ccc3n2Cc2ccc(-c3ccoc3)cc2)CCCC1. The summed E-state index contributed by atoms with van der Waals surface area (Å²) >= 11 is 0. The van der Waals surface area contributed by atoms with Crippen molar-refractivity contribution >= 4 is 27.9 Å². The highest BCUT2D eigenvalue weighted by Crippen LogP contribution is 2.42. The molecule has 0 saturated heterocycles. The molecule has 3 aromatic carbocycles. The van der Waals surface area contributed by atoms with Gasteiger partial charge in [0.15, 0.2) is 0 Å². The van der Waals surface area contributed by atoms with Crippen LogP contribution in [0.25, 0.3) is 33.1 Å². The number of hydrogen-bond acceptors (Lipinski definition) is 6. The Morgan fingerprint density at radius 1 is 0.909 bits per heavy atom. The predicted octanol–water partition coefficient (Wildman–Crippen LogP) is 8.14. The van der Waals surface area contributed by atoms with Crippen LogP contribution in [0.3, 0.4) is 0 Å². The fourth-order valence-corrected chi connectivity index (χ4v) is 6.41. The van der Waals surface area contributed by atoms with Crippen molar-refractivity contribution in [3.63, 3.8) is 0 Å². The lowest BCUT2D eigenvalue weighted by Gasteiger charge is -2.26. The number of fused-ring (bicyclic) bond motifs is 2. The molecule has 222 valence electrons. The van der Waals surface area contributed by atoms with Crippen LogP contribution in [-0.4, -0.2) is 27.1 Å². The fourth-order valence-electron chi connectivity index (χ4n) is 6.41. The van der Waals surface area contributed by atoms with Crippen LogP contribution < -0.4 is 4.74 Å². The maximum absolute atomic E-state index is 13.3. The summed E-state index contributed by atoms with van der Waals surface area (Å²) in [5, 5.41) is 1.11. The van der Waals surface area contributed by atoms with Crippen molar-refractivity contribution in [1.82, 2.24) is 14.5 Å². The number of carbonyl (C=O) groups excluding carboxylic acids is 1. The molecule has 6 aromatic rings. The summed E-state index contributed by atoms with van der Waals surface area (Å²) in [4.78, 5) is 23.1. The first-order valence-corrected chi connectivity index (χ1v) is 15.4. The molecule has 0 atom stereocenters. The summed E-state index contributed by atoms with van der Waals surface area (Å²) in [6.45, 7) is 3.25. The highest BCUT2D eigenvalue weighted by molar-refractivity contribution is 5.80. The number of carbonyl (C=O) groups is 1. The maximum Gasteiger partial charge on any atom is 0.312 e. The first-order chi connectivity index (χ1) is 21.6. The van der Waals surface area contributed by atoms with Gasteiger partial charge in [-0.05, 0) is 61.2 Å².